The number of aromatic hydroxyl groups is 1. The molecule has 1 aliphatic rings. The van der Waals surface area contributed by atoms with E-state index >= 15 is 0 Å². The zero-order valence-electron chi connectivity index (χ0n) is 14.9. The Kier molecular flexibility index (Phi) is 5.21. The van der Waals surface area contributed by atoms with Crippen molar-refractivity contribution in [2.45, 2.75) is 12.5 Å². The number of aromatic amines is 1. The first kappa shape index (κ1) is 19.1. The van der Waals surface area contributed by atoms with E-state index in [0.29, 0.717) is 16.6 Å². The van der Waals surface area contributed by atoms with Crippen molar-refractivity contribution < 1.29 is 15.0 Å². The van der Waals surface area contributed by atoms with E-state index in [4.69, 9.17) is 23.2 Å². The van der Waals surface area contributed by atoms with Gasteiger partial charge in [-0.15, -0.1) is 0 Å². The largest absolute Gasteiger partial charge is 0.506 e. The van der Waals surface area contributed by atoms with Gasteiger partial charge in [-0.1, -0.05) is 23.2 Å². The lowest BCUT2D eigenvalue weighted by molar-refractivity contribution is -0.118. The Bertz CT molecular complexity index is 1050. The number of rotatable bonds is 4. The molecule has 28 heavy (non-hydrogen) atoms. The second-order valence-electron chi connectivity index (χ2n) is 6.84. The summed E-state index contributed by atoms with van der Waals surface area (Å²) in [5, 5.41) is 24.7. The molecular formula is C20H19Cl2N3O3. The number of nitrogens with zero attached hydrogens (tertiary/aromatic N) is 1. The van der Waals surface area contributed by atoms with Crippen LogP contribution in [0.2, 0.25) is 10.0 Å². The van der Waals surface area contributed by atoms with Crippen LogP contribution in [0.15, 0.2) is 36.4 Å². The molecule has 2 aromatic carbocycles. The summed E-state index contributed by atoms with van der Waals surface area (Å²) in [5.41, 5.74) is 3.25. The SMILES string of the molecule is O=C(CN1CCc2c([nH]c3ccc(Cl)cc23)C1CO)Nc1cc(Cl)ccc1O. The van der Waals surface area contributed by atoms with Crippen LogP contribution in [0.4, 0.5) is 5.69 Å². The molecule has 146 valence electrons. The number of phenolic OH excluding ortho intramolecular Hbond substituents is 1. The number of phenols is 1. The van der Waals surface area contributed by atoms with Crippen molar-refractivity contribution in [1.29, 1.82) is 0 Å². The van der Waals surface area contributed by atoms with Crippen LogP contribution >= 0.6 is 23.2 Å². The first-order chi connectivity index (χ1) is 13.5. The molecule has 4 N–H and O–H groups in total. The van der Waals surface area contributed by atoms with E-state index in [2.05, 4.69) is 10.3 Å². The molecule has 0 spiro atoms. The van der Waals surface area contributed by atoms with Crippen LogP contribution in [0.3, 0.4) is 0 Å². The molecule has 0 saturated heterocycles. The van der Waals surface area contributed by atoms with Gasteiger partial charge >= 0.3 is 0 Å². The minimum atomic E-state index is -0.325. The van der Waals surface area contributed by atoms with E-state index < -0.39 is 0 Å². The van der Waals surface area contributed by atoms with E-state index in [-0.39, 0.29) is 36.5 Å². The minimum Gasteiger partial charge on any atom is -0.506 e. The van der Waals surface area contributed by atoms with Crippen molar-refractivity contribution in [2.24, 2.45) is 0 Å². The molecule has 1 unspecified atom stereocenters. The number of carbonyl (C=O) groups excluding carboxylic acids is 1. The molecule has 3 aromatic rings. The highest BCUT2D eigenvalue weighted by atomic mass is 35.5. The monoisotopic (exact) mass is 419 g/mol. The molecule has 1 aromatic heterocycles. The Morgan fingerprint density at radius 2 is 1.96 bits per heavy atom. The second-order valence-corrected chi connectivity index (χ2v) is 7.71. The van der Waals surface area contributed by atoms with Crippen molar-refractivity contribution in [1.82, 2.24) is 9.88 Å². The number of carbonyl (C=O) groups is 1. The molecule has 1 amide bonds. The number of hydrogen-bond acceptors (Lipinski definition) is 4. The summed E-state index contributed by atoms with van der Waals surface area (Å²) in [6.07, 6.45) is 0.738. The Labute approximate surface area is 171 Å². The summed E-state index contributed by atoms with van der Waals surface area (Å²) in [6.45, 7) is 0.572. The fraction of sp³-hybridized carbons (Fsp3) is 0.250. The number of hydrogen-bond donors (Lipinski definition) is 4. The van der Waals surface area contributed by atoms with Crippen molar-refractivity contribution >= 4 is 45.7 Å². The lowest BCUT2D eigenvalue weighted by Crippen LogP contribution is -2.42. The molecule has 1 aliphatic heterocycles. The number of aromatic nitrogens is 1. The number of benzene rings is 2. The highest BCUT2D eigenvalue weighted by molar-refractivity contribution is 6.31. The van der Waals surface area contributed by atoms with Gasteiger partial charge in [0.05, 0.1) is 24.9 Å². The molecule has 0 aliphatic carbocycles. The van der Waals surface area contributed by atoms with E-state index in [1.807, 2.05) is 23.1 Å². The summed E-state index contributed by atoms with van der Waals surface area (Å²) in [6, 6.07) is 9.80. The maximum atomic E-state index is 12.5. The number of aliphatic hydroxyl groups is 1. The number of amides is 1. The molecule has 0 saturated carbocycles. The summed E-state index contributed by atoms with van der Waals surface area (Å²) in [5.74, 6) is -0.344. The van der Waals surface area contributed by atoms with Gasteiger partial charge < -0.3 is 20.5 Å². The van der Waals surface area contributed by atoms with Crippen molar-refractivity contribution in [3.63, 3.8) is 0 Å². The number of nitrogens with one attached hydrogen (secondary N) is 2. The quantitative estimate of drug-likeness (QED) is 0.485. The Balaban J connectivity index is 1.55. The summed E-state index contributed by atoms with van der Waals surface area (Å²) >= 11 is 12.1. The molecule has 0 bridgehead atoms. The van der Waals surface area contributed by atoms with Gasteiger partial charge in [-0.25, -0.2) is 0 Å². The van der Waals surface area contributed by atoms with Gasteiger partial charge in [0.2, 0.25) is 5.91 Å². The number of fused-ring (bicyclic) bond motifs is 3. The van der Waals surface area contributed by atoms with Crippen molar-refractivity contribution in [3.05, 3.63) is 57.7 Å². The zero-order chi connectivity index (χ0) is 19.8. The Morgan fingerprint density at radius 1 is 1.21 bits per heavy atom. The molecular weight excluding hydrogens is 401 g/mol. The molecule has 2 heterocycles. The average molecular weight is 420 g/mol. The predicted octanol–water partition coefficient (Wildman–Crippen LogP) is 3.71. The summed E-state index contributed by atoms with van der Waals surface area (Å²) in [4.78, 5) is 17.8. The Hall–Kier alpha value is -2.25. The van der Waals surface area contributed by atoms with Gasteiger partial charge in [0, 0.05) is 33.2 Å². The van der Waals surface area contributed by atoms with Crippen molar-refractivity contribution in [2.75, 3.05) is 25.0 Å². The van der Waals surface area contributed by atoms with Crippen LogP contribution in [-0.2, 0) is 11.2 Å². The third kappa shape index (κ3) is 3.56. The molecule has 1 atom stereocenters. The second kappa shape index (κ2) is 7.64. The molecule has 4 rings (SSSR count). The van der Waals surface area contributed by atoms with Gasteiger partial charge in [-0.05, 0) is 48.4 Å². The predicted molar refractivity (Wildman–Crippen MR) is 110 cm³/mol. The van der Waals surface area contributed by atoms with Crippen molar-refractivity contribution in [3.8, 4) is 5.75 Å². The number of anilines is 1. The molecule has 6 nitrogen and oxygen atoms in total. The van der Waals surface area contributed by atoms with Gasteiger partial charge in [-0.3, -0.25) is 9.69 Å². The average Bonchev–Trinajstić information content (AvgIpc) is 3.02. The molecule has 8 heteroatoms. The first-order valence-electron chi connectivity index (χ1n) is 8.89. The number of H-pyrrole nitrogens is 1. The van der Waals surface area contributed by atoms with Crippen LogP contribution < -0.4 is 5.32 Å². The standard InChI is InChI=1S/C20H19Cl2N3O3/c21-11-1-3-15-14(7-11)13-5-6-25(17(10-26)20(13)24-15)9-19(28)23-16-8-12(22)2-4-18(16)27/h1-4,7-8,17,24,26-27H,5-6,9-10H2,(H,23,28). The van der Waals surface area contributed by atoms with E-state index in [9.17, 15) is 15.0 Å². The topological polar surface area (TPSA) is 88.6 Å². The van der Waals surface area contributed by atoms with Gasteiger partial charge in [-0.2, -0.15) is 0 Å². The van der Waals surface area contributed by atoms with E-state index in [1.165, 1.54) is 12.1 Å². The van der Waals surface area contributed by atoms with Gasteiger partial charge in [0.25, 0.3) is 0 Å². The lowest BCUT2D eigenvalue weighted by Gasteiger charge is -2.34. The third-order valence-corrected chi connectivity index (χ3v) is 5.55. The van der Waals surface area contributed by atoms with Crippen LogP contribution in [0, 0.1) is 0 Å². The molecule has 0 fully saturated rings. The number of halogens is 2. The molecule has 0 radical (unpaired) electrons. The first-order valence-corrected chi connectivity index (χ1v) is 9.65. The lowest BCUT2D eigenvalue weighted by atomic mass is 9.97. The van der Waals surface area contributed by atoms with Crippen LogP contribution in [0.25, 0.3) is 10.9 Å². The maximum Gasteiger partial charge on any atom is 0.238 e. The fourth-order valence-corrected chi connectivity index (χ4v) is 4.11. The fourth-order valence-electron chi connectivity index (χ4n) is 3.77. The van der Waals surface area contributed by atoms with E-state index in [0.717, 1.165) is 28.6 Å². The van der Waals surface area contributed by atoms with Crippen LogP contribution in [-0.4, -0.2) is 45.7 Å². The highest BCUT2D eigenvalue weighted by Crippen LogP contribution is 2.35. The summed E-state index contributed by atoms with van der Waals surface area (Å²) in [7, 11) is 0. The van der Waals surface area contributed by atoms with Crippen LogP contribution in [0.5, 0.6) is 5.75 Å². The highest BCUT2D eigenvalue weighted by Gasteiger charge is 2.31. The summed E-state index contributed by atoms with van der Waals surface area (Å²) < 4.78 is 0. The van der Waals surface area contributed by atoms with Crippen LogP contribution in [0.1, 0.15) is 17.3 Å². The van der Waals surface area contributed by atoms with E-state index in [1.54, 1.807) is 6.07 Å². The number of aliphatic hydroxyl groups excluding tert-OH is 1. The maximum absolute atomic E-state index is 12.5. The smallest absolute Gasteiger partial charge is 0.238 e. The van der Waals surface area contributed by atoms with Gasteiger partial charge in [0.15, 0.2) is 0 Å². The normalized spacial score (nSPS) is 16.9. The Morgan fingerprint density at radius 3 is 2.75 bits per heavy atom. The van der Waals surface area contributed by atoms with Gasteiger partial charge in [0.1, 0.15) is 5.75 Å². The third-order valence-electron chi connectivity index (χ3n) is 5.08. The zero-order valence-corrected chi connectivity index (χ0v) is 16.4. The minimum absolute atomic E-state index is 0.0510.